The molecule has 1 aliphatic rings. The van der Waals surface area contributed by atoms with Gasteiger partial charge in [-0.25, -0.2) is 0 Å². The number of aliphatic hydroxyl groups excluding tert-OH is 1. The maximum atomic E-state index is 12.3. The van der Waals surface area contributed by atoms with Gasteiger partial charge in [-0.05, 0) is 39.2 Å². The van der Waals surface area contributed by atoms with Crippen molar-refractivity contribution in [3.8, 4) is 0 Å². The molecule has 0 atom stereocenters. The van der Waals surface area contributed by atoms with Crippen molar-refractivity contribution >= 4 is 11.8 Å². The Balaban J connectivity index is 2.54. The summed E-state index contributed by atoms with van der Waals surface area (Å²) < 4.78 is 5.32. The number of carbonyl (C=O) groups is 2. The minimum absolute atomic E-state index is 0.186. The van der Waals surface area contributed by atoms with E-state index in [9.17, 15) is 14.7 Å². The summed E-state index contributed by atoms with van der Waals surface area (Å²) in [6.07, 6.45) is 3.10. The van der Waals surface area contributed by atoms with E-state index in [4.69, 9.17) is 10.5 Å². The highest BCUT2D eigenvalue weighted by Crippen LogP contribution is 2.20. The van der Waals surface area contributed by atoms with Gasteiger partial charge < -0.3 is 20.9 Å². The van der Waals surface area contributed by atoms with E-state index in [1.165, 1.54) is 0 Å². The number of amides is 2. The van der Waals surface area contributed by atoms with Crippen molar-refractivity contribution in [2.24, 2.45) is 17.1 Å². The number of imide groups is 1. The van der Waals surface area contributed by atoms with E-state index >= 15 is 0 Å². The van der Waals surface area contributed by atoms with Crippen LogP contribution in [0.5, 0.6) is 0 Å². The molecular formula is C17H31N3O4. The van der Waals surface area contributed by atoms with Gasteiger partial charge in [-0.1, -0.05) is 13.8 Å². The van der Waals surface area contributed by atoms with Crippen molar-refractivity contribution in [3.05, 3.63) is 11.8 Å². The third-order valence-corrected chi connectivity index (χ3v) is 4.44. The number of carbonyl (C=O) groups excluding carboxylic acids is 2. The summed E-state index contributed by atoms with van der Waals surface area (Å²) in [5, 5.41) is 14.8. The van der Waals surface area contributed by atoms with E-state index in [1.807, 2.05) is 0 Å². The molecule has 1 rings (SSSR count). The Kier molecular flexibility index (Phi) is 7.38. The Bertz CT molecular complexity index is 480. The first-order valence-electron chi connectivity index (χ1n) is 8.35. The normalized spacial score (nSPS) is 17.6. The fourth-order valence-electron chi connectivity index (χ4n) is 2.16. The summed E-state index contributed by atoms with van der Waals surface area (Å²) >= 11 is 0. The summed E-state index contributed by atoms with van der Waals surface area (Å²) in [6.45, 7) is 8.92. The number of aliphatic hydroxyl groups is 1. The average Bonchev–Trinajstić information content (AvgIpc) is 2.53. The molecule has 0 aromatic heterocycles. The largest absolute Gasteiger partial charge is 0.401 e. The molecule has 1 heterocycles. The second kappa shape index (κ2) is 8.60. The van der Waals surface area contributed by atoms with E-state index in [1.54, 1.807) is 27.7 Å². The number of hydrogen-bond acceptors (Lipinski definition) is 6. The van der Waals surface area contributed by atoms with Crippen molar-refractivity contribution in [3.63, 3.8) is 0 Å². The molecule has 0 aromatic rings. The first-order valence-corrected chi connectivity index (χ1v) is 8.35. The van der Waals surface area contributed by atoms with Crippen LogP contribution < -0.4 is 16.4 Å². The Hall–Kier alpha value is -1.44. The average molecular weight is 341 g/mol. The molecule has 7 heteroatoms. The third kappa shape index (κ3) is 6.22. The topological polar surface area (TPSA) is 114 Å². The first-order chi connectivity index (χ1) is 11.1. The highest BCUT2D eigenvalue weighted by Gasteiger charge is 2.30. The summed E-state index contributed by atoms with van der Waals surface area (Å²) in [6, 6.07) is 0. The van der Waals surface area contributed by atoms with Crippen LogP contribution in [0.3, 0.4) is 0 Å². The minimum atomic E-state index is -0.872. The molecule has 0 spiro atoms. The monoisotopic (exact) mass is 341 g/mol. The van der Waals surface area contributed by atoms with E-state index in [0.29, 0.717) is 12.5 Å². The maximum Gasteiger partial charge on any atom is 0.252 e. The Morgan fingerprint density at radius 2 is 1.83 bits per heavy atom. The lowest BCUT2D eigenvalue weighted by Gasteiger charge is -2.29. The third-order valence-electron chi connectivity index (χ3n) is 4.44. The van der Waals surface area contributed by atoms with Crippen LogP contribution in [0.25, 0.3) is 0 Å². The minimum Gasteiger partial charge on any atom is -0.401 e. The number of rotatable bonds is 7. The van der Waals surface area contributed by atoms with Crippen LogP contribution in [-0.2, 0) is 14.3 Å². The molecule has 24 heavy (non-hydrogen) atoms. The molecule has 0 unspecified atom stereocenters. The second-order valence-corrected chi connectivity index (χ2v) is 7.52. The van der Waals surface area contributed by atoms with Crippen molar-refractivity contribution in [2.75, 3.05) is 26.4 Å². The van der Waals surface area contributed by atoms with E-state index in [2.05, 4.69) is 10.6 Å². The maximum absolute atomic E-state index is 12.3. The van der Waals surface area contributed by atoms with E-state index in [0.717, 1.165) is 32.1 Å². The molecule has 138 valence electrons. The van der Waals surface area contributed by atoms with Crippen molar-refractivity contribution in [1.29, 1.82) is 0 Å². The van der Waals surface area contributed by atoms with Gasteiger partial charge in [-0.2, -0.15) is 0 Å². The summed E-state index contributed by atoms with van der Waals surface area (Å²) in [5.41, 5.74) is 4.45. The zero-order valence-electron chi connectivity index (χ0n) is 15.1. The van der Waals surface area contributed by atoms with Crippen molar-refractivity contribution in [2.45, 2.75) is 46.1 Å². The van der Waals surface area contributed by atoms with Gasteiger partial charge in [0.2, 0.25) is 5.91 Å². The van der Waals surface area contributed by atoms with Crippen molar-refractivity contribution in [1.82, 2.24) is 10.6 Å². The molecule has 1 saturated heterocycles. The van der Waals surface area contributed by atoms with Crippen LogP contribution in [0.1, 0.15) is 40.5 Å². The Labute approximate surface area is 144 Å². The van der Waals surface area contributed by atoms with Gasteiger partial charge in [-0.15, -0.1) is 0 Å². The lowest BCUT2D eigenvalue weighted by Crippen LogP contribution is -2.55. The van der Waals surface area contributed by atoms with E-state index in [-0.39, 0.29) is 12.3 Å². The highest BCUT2D eigenvalue weighted by atomic mass is 16.5. The highest BCUT2D eigenvalue weighted by molar-refractivity contribution is 6.04. The fourth-order valence-corrected chi connectivity index (χ4v) is 2.16. The number of ether oxygens (including phenoxy) is 1. The fraction of sp³-hybridized carbons (Fsp3) is 0.765. The molecule has 5 N–H and O–H groups in total. The van der Waals surface area contributed by atoms with Crippen LogP contribution in [0.15, 0.2) is 11.8 Å². The van der Waals surface area contributed by atoms with Gasteiger partial charge in [0.05, 0.1) is 12.1 Å². The molecule has 0 aliphatic carbocycles. The van der Waals surface area contributed by atoms with Crippen molar-refractivity contribution < 1.29 is 19.4 Å². The summed E-state index contributed by atoms with van der Waals surface area (Å²) in [7, 11) is 0. The molecule has 0 saturated carbocycles. The number of hydrogen-bond donors (Lipinski definition) is 4. The summed E-state index contributed by atoms with van der Waals surface area (Å²) in [5.74, 6) is -0.521. The van der Waals surface area contributed by atoms with Crippen LogP contribution in [-0.4, -0.2) is 48.8 Å². The predicted octanol–water partition coefficient (Wildman–Crippen LogP) is 0.285. The molecule has 1 fully saturated rings. The second-order valence-electron chi connectivity index (χ2n) is 7.52. The molecule has 2 amide bonds. The van der Waals surface area contributed by atoms with Crippen LogP contribution >= 0.6 is 0 Å². The molecule has 0 bridgehead atoms. The van der Waals surface area contributed by atoms with Gasteiger partial charge in [0.15, 0.2) is 0 Å². The predicted molar refractivity (Wildman–Crippen MR) is 91.9 cm³/mol. The smallest absolute Gasteiger partial charge is 0.252 e. The number of nitrogens with two attached hydrogens (primary N) is 1. The van der Waals surface area contributed by atoms with Crippen LogP contribution in [0.4, 0.5) is 0 Å². The van der Waals surface area contributed by atoms with Gasteiger partial charge in [-0.3, -0.25) is 14.9 Å². The number of nitrogens with one attached hydrogen (secondary N) is 2. The molecular weight excluding hydrogens is 310 g/mol. The standard InChI is InChI=1S/C17H31N3O4/c1-16(2,11-21)13(18)9-14(22)20-15(23)17(3,4)19-10-12-5-7-24-8-6-12/h9,12,19,21H,5-8,10-11,18H2,1-4H3,(H,20,22,23). The van der Waals surface area contributed by atoms with E-state index < -0.39 is 22.8 Å². The lowest BCUT2D eigenvalue weighted by atomic mass is 9.90. The van der Waals surface area contributed by atoms with Crippen LogP contribution in [0.2, 0.25) is 0 Å². The SMILES string of the molecule is CC(C)(CO)C(N)=CC(=O)NC(=O)C(C)(C)NCC1CCOCC1. The molecule has 7 nitrogen and oxygen atoms in total. The quantitative estimate of drug-likeness (QED) is 0.495. The molecule has 0 radical (unpaired) electrons. The van der Waals surface area contributed by atoms with Gasteiger partial charge >= 0.3 is 0 Å². The van der Waals surface area contributed by atoms with Gasteiger partial charge in [0, 0.05) is 30.4 Å². The van der Waals surface area contributed by atoms with Crippen LogP contribution in [0, 0.1) is 11.3 Å². The van der Waals surface area contributed by atoms with Gasteiger partial charge in [0.1, 0.15) is 0 Å². The molecule has 0 aromatic carbocycles. The molecule has 1 aliphatic heterocycles. The first kappa shape index (κ1) is 20.6. The lowest BCUT2D eigenvalue weighted by molar-refractivity contribution is -0.132. The Morgan fingerprint density at radius 1 is 1.25 bits per heavy atom. The van der Waals surface area contributed by atoms with Gasteiger partial charge in [0.25, 0.3) is 5.91 Å². The Morgan fingerprint density at radius 3 is 2.38 bits per heavy atom. The summed E-state index contributed by atoms with van der Waals surface area (Å²) in [4.78, 5) is 24.3. The zero-order chi connectivity index (χ0) is 18.4. The zero-order valence-corrected chi connectivity index (χ0v) is 15.1.